The number of nitrogens with one attached hydrogen (secondary N) is 2. The van der Waals surface area contributed by atoms with Gasteiger partial charge in [0.2, 0.25) is 10.0 Å². The lowest BCUT2D eigenvalue weighted by Gasteiger charge is -2.36. The number of aromatic nitrogens is 2. The molecule has 2 N–H and O–H groups in total. The van der Waals surface area contributed by atoms with Crippen molar-refractivity contribution in [1.82, 2.24) is 19.8 Å². The third-order valence-electron chi connectivity index (χ3n) is 3.70. The molecule has 0 aromatic carbocycles. The molecule has 1 aromatic rings. The number of aromatic amines is 1. The number of rotatable bonds is 4. The van der Waals surface area contributed by atoms with E-state index in [1.54, 1.807) is 18.3 Å². The van der Waals surface area contributed by atoms with Gasteiger partial charge in [-0.1, -0.05) is 6.92 Å². The second kappa shape index (κ2) is 6.05. The topological polar surface area (TPSA) is 78.1 Å². The van der Waals surface area contributed by atoms with Crippen LogP contribution in [0.1, 0.15) is 25.2 Å². The fraction of sp³-hybridized carbons (Fsp3) is 0.750. The normalized spacial score (nSPS) is 25.0. The first-order valence-electron chi connectivity index (χ1n) is 6.71. The molecule has 0 saturated carbocycles. The average Bonchev–Trinajstić information content (AvgIpc) is 2.75. The number of hydrogen-bond donors (Lipinski definition) is 2. The van der Waals surface area contributed by atoms with E-state index in [1.165, 1.54) is 0 Å². The van der Waals surface area contributed by atoms with E-state index in [0.717, 1.165) is 5.75 Å². The molecule has 0 radical (unpaired) electrons. The average molecular weight is 318 g/mol. The molecule has 2 rings (SSSR count). The van der Waals surface area contributed by atoms with Gasteiger partial charge in [-0.3, -0.25) is 5.10 Å². The van der Waals surface area contributed by atoms with Gasteiger partial charge < -0.3 is 5.32 Å². The summed E-state index contributed by atoms with van der Waals surface area (Å²) < 4.78 is 27.5. The Labute approximate surface area is 124 Å². The van der Waals surface area contributed by atoms with Crippen molar-refractivity contribution in [3.63, 3.8) is 0 Å². The van der Waals surface area contributed by atoms with Crippen molar-refractivity contribution in [2.24, 2.45) is 0 Å². The third kappa shape index (κ3) is 2.74. The van der Waals surface area contributed by atoms with Crippen LogP contribution >= 0.6 is 11.8 Å². The Kier molecular flexibility index (Phi) is 4.78. The van der Waals surface area contributed by atoms with Crippen LogP contribution in [0.5, 0.6) is 0 Å². The van der Waals surface area contributed by atoms with Crippen molar-refractivity contribution < 1.29 is 8.42 Å². The summed E-state index contributed by atoms with van der Waals surface area (Å²) in [7, 11) is -1.72. The molecule has 114 valence electrons. The highest BCUT2D eigenvalue weighted by Gasteiger charge is 2.37. The Morgan fingerprint density at radius 2 is 2.20 bits per heavy atom. The first-order valence-corrected chi connectivity index (χ1v) is 9.20. The second-order valence-electron chi connectivity index (χ2n) is 5.09. The zero-order chi connectivity index (χ0) is 14.9. The molecular formula is C12H22N4O2S2. The molecule has 1 saturated heterocycles. The Morgan fingerprint density at radius 1 is 1.50 bits per heavy atom. The first kappa shape index (κ1) is 15.8. The zero-order valence-corrected chi connectivity index (χ0v) is 13.9. The maximum atomic E-state index is 12.9. The predicted molar refractivity (Wildman–Crippen MR) is 81.4 cm³/mol. The Balaban J connectivity index is 2.42. The van der Waals surface area contributed by atoms with Gasteiger partial charge in [0, 0.05) is 30.1 Å². The standard InChI is InChI=1S/C12H22N4O2S2/c1-8-12(11(7-13-4)15-14-8)20(17,18)16-5-6-19-10(3)9(16)2/h9-10,13H,5-7H2,1-4H3,(H,14,15). The van der Waals surface area contributed by atoms with Crippen molar-refractivity contribution in [2.75, 3.05) is 19.3 Å². The SMILES string of the molecule is CNCc1n[nH]c(C)c1S(=O)(=O)N1CCSC(C)C1C. The largest absolute Gasteiger partial charge is 0.314 e. The summed E-state index contributed by atoms with van der Waals surface area (Å²) in [5.41, 5.74) is 1.16. The molecule has 1 fully saturated rings. The number of H-pyrrole nitrogens is 1. The van der Waals surface area contributed by atoms with E-state index in [0.29, 0.717) is 34.6 Å². The molecule has 1 aliphatic rings. The lowest BCUT2D eigenvalue weighted by Crippen LogP contribution is -2.48. The Hall–Kier alpha value is -0.570. The van der Waals surface area contributed by atoms with Crippen LogP contribution in [0, 0.1) is 6.92 Å². The van der Waals surface area contributed by atoms with Crippen molar-refractivity contribution in [2.45, 2.75) is 43.5 Å². The van der Waals surface area contributed by atoms with Gasteiger partial charge in [-0.25, -0.2) is 8.42 Å². The molecule has 2 unspecified atom stereocenters. The van der Waals surface area contributed by atoms with Crippen LogP contribution in [0.25, 0.3) is 0 Å². The van der Waals surface area contributed by atoms with E-state index < -0.39 is 10.0 Å². The smallest absolute Gasteiger partial charge is 0.247 e. The minimum absolute atomic E-state index is 0.00418. The molecular weight excluding hydrogens is 296 g/mol. The molecule has 1 aliphatic heterocycles. The van der Waals surface area contributed by atoms with Crippen LogP contribution in [-0.2, 0) is 16.6 Å². The molecule has 1 aromatic heterocycles. The fourth-order valence-corrected chi connectivity index (χ4v) is 5.79. The highest BCUT2D eigenvalue weighted by Crippen LogP contribution is 2.31. The highest BCUT2D eigenvalue weighted by atomic mass is 32.2. The van der Waals surface area contributed by atoms with Crippen LogP contribution in [-0.4, -0.2) is 53.6 Å². The van der Waals surface area contributed by atoms with Gasteiger partial charge in [-0.05, 0) is 20.9 Å². The van der Waals surface area contributed by atoms with Crippen molar-refractivity contribution in [3.05, 3.63) is 11.4 Å². The number of hydrogen-bond acceptors (Lipinski definition) is 5. The summed E-state index contributed by atoms with van der Waals surface area (Å²) >= 11 is 1.82. The van der Waals surface area contributed by atoms with Crippen LogP contribution in [0.4, 0.5) is 0 Å². The Bertz CT molecular complexity index is 570. The predicted octanol–water partition coefficient (Wildman–Crippen LogP) is 0.952. The van der Waals surface area contributed by atoms with E-state index in [-0.39, 0.29) is 6.04 Å². The minimum atomic E-state index is -3.50. The second-order valence-corrected chi connectivity index (χ2v) is 8.40. The summed E-state index contributed by atoms with van der Waals surface area (Å²) in [5.74, 6) is 0.836. The van der Waals surface area contributed by atoms with Gasteiger partial charge in [-0.15, -0.1) is 0 Å². The highest BCUT2D eigenvalue weighted by molar-refractivity contribution is 8.00. The fourth-order valence-electron chi connectivity index (χ4n) is 2.46. The number of sulfonamides is 1. The van der Waals surface area contributed by atoms with Crippen LogP contribution in [0.2, 0.25) is 0 Å². The summed E-state index contributed by atoms with van der Waals surface area (Å²) in [6.45, 7) is 6.80. The maximum Gasteiger partial charge on any atom is 0.247 e. The summed E-state index contributed by atoms with van der Waals surface area (Å²) in [6, 6.07) is -0.00418. The van der Waals surface area contributed by atoms with Gasteiger partial charge in [0.25, 0.3) is 0 Å². The molecule has 0 spiro atoms. The molecule has 2 heterocycles. The minimum Gasteiger partial charge on any atom is -0.314 e. The van der Waals surface area contributed by atoms with Gasteiger partial charge >= 0.3 is 0 Å². The van der Waals surface area contributed by atoms with Gasteiger partial charge in [0.1, 0.15) is 4.90 Å². The van der Waals surface area contributed by atoms with Crippen LogP contribution in [0.3, 0.4) is 0 Å². The summed E-state index contributed by atoms with van der Waals surface area (Å²) in [6.07, 6.45) is 0. The van der Waals surface area contributed by atoms with E-state index >= 15 is 0 Å². The van der Waals surface area contributed by atoms with Crippen molar-refractivity contribution in [3.8, 4) is 0 Å². The van der Waals surface area contributed by atoms with Crippen LogP contribution in [0.15, 0.2) is 4.90 Å². The zero-order valence-electron chi connectivity index (χ0n) is 12.3. The first-order chi connectivity index (χ1) is 9.39. The van der Waals surface area contributed by atoms with E-state index in [4.69, 9.17) is 0 Å². The van der Waals surface area contributed by atoms with Gasteiger partial charge in [0.15, 0.2) is 0 Å². The third-order valence-corrected chi connectivity index (χ3v) is 7.23. The maximum absolute atomic E-state index is 12.9. The lowest BCUT2D eigenvalue weighted by atomic mass is 10.2. The monoisotopic (exact) mass is 318 g/mol. The summed E-state index contributed by atoms with van der Waals surface area (Å²) in [4.78, 5) is 0.331. The van der Waals surface area contributed by atoms with E-state index in [9.17, 15) is 8.42 Å². The van der Waals surface area contributed by atoms with E-state index in [1.807, 2.05) is 18.7 Å². The molecule has 20 heavy (non-hydrogen) atoms. The molecule has 2 atom stereocenters. The van der Waals surface area contributed by atoms with Crippen molar-refractivity contribution in [1.29, 1.82) is 0 Å². The van der Waals surface area contributed by atoms with Gasteiger partial charge in [0.05, 0.1) is 11.4 Å². The van der Waals surface area contributed by atoms with Crippen LogP contribution < -0.4 is 5.32 Å². The number of thioether (sulfide) groups is 1. The molecule has 0 bridgehead atoms. The molecule has 6 nitrogen and oxygen atoms in total. The molecule has 0 aliphatic carbocycles. The molecule has 0 amide bonds. The number of aryl methyl sites for hydroxylation is 1. The Morgan fingerprint density at radius 3 is 2.85 bits per heavy atom. The van der Waals surface area contributed by atoms with Crippen molar-refractivity contribution >= 4 is 21.8 Å². The quantitative estimate of drug-likeness (QED) is 0.864. The van der Waals surface area contributed by atoms with Gasteiger partial charge in [-0.2, -0.15) is 21.2 Å². The number of nitrogens with zero attached hydrogens (tertiary/aromatic N) is 2. The lowest BCUT2D eigenvalue weighted by molar-refractivity contribution is 0.340. The molecule has 8 heteroatoms. The summed E-state index contributed by atoms with van der Waals surface area (Å²) in [5, 5.41) is 10.2. The van der Waals surface area contributed by atoms with E-state index in [2.05, 4.69) is 22.4 Å².